The molecule has 2 rings (SSSR count). The number of nitrogens with one attached hydrogen (secondary N) is 1. The van der Waals surface area contributed by atoms with E-state index >= 15 is 0 Å². The highest BCUT2D eigenvalue weighted by molar-refractivity contribution is 5.90. The molecule has 0 bridgehead atoms. The number of amides is 1. The minimum absolute atomic E-state index is 0.157. The van der Waals surface area contributed by atoms with Gasteiger partial charge in [0, 0.05) is 24.4 Å². The Morgan fingerprint density at radius 3 is 2.20 bits per heavy atom. The van der Waals surface area contributed by atoms with Crippen molar-refractivity contribution in [2.45, 2.75) is 26.8 Å². The fraction of sp³-hybridized carbons (Fsp3) is 0.267. The number of hydrogen-bond donors (Lipinski definition) is 1. The monoisotopic (exact) mass is 278 g/mol. The Bertz CT molecular complexity index is 595. The van der Waals surface area contributed by atoms with E-state index in [1.54, 1.807) is 0 Å². The van der Waals surface area contributed by atoms with Gasteiger partial charge in [0.05, 0.1) is 0 Å². The molecule has 0 aliphatic rings. The second-order valence-electron chi connectivity index (χ2n) is 4.66. The van der Waals surface area contributed by atoms with Crippen LogP contribution in [0.1, 0.15) is 17.8 Å². The van der Waals surface area contributed by atoms with Crippen LogP contribution in [0.2, 0.25) is 0 Å². The van der Waals surface area contributed by atoms with Gasteiger partial charge in [-0.3, -0.25) is 4.79 Å². The third kappa shape index (κ3) is 3.04. The molecule has 1 amide bonds. The Hall–Kier alpha value is -2.17. The highest BCUT2D eigenvalue weighted by atomic mass is 19.1. The third-order valence-electron chi connectivity index (χ3n) is 3.21. The molecule has 5 heteroatoms. The van der Waals surface area contributed by atoms with E-state index in [9.17, 15) is 13.6 Å². The Balaban J connectivity index is 2.00. The highest BCUT2D eigenvalue weighted by Gasteiger charge is 2.12. The molecule has 1 aromatic heterocycles. The van der Waals surface area contributed by atoms with E-state index < -0.39 is 23.2 Å². The number of rotatable bonds is 4. The van der Waals surface area contributed by atoms with Gasteiger partial charge in [-0.2, -0.15) is 0 Å². The molecule has 1 aromatic carbocycles. The molecular formula is C15H16F2N2O. The Morgan fingerprint density at radius 2 is 1.65 bits per heavy atom. The second kappa shape index (κ2) is 5.86. The maximum Gasteiger partial charge on any atom is 0.226 e. The number of anilines is 1. The van der Waals surface area contributed by atoms with Crippen molar-refractivity contribution in [3.8, 4) is 0 Å². The Morgan fingerprint density at radius 1 is 1.10 bits per heavy atom. The molecule has 20 heavy (non-hydrogen) atoms. The first-order valence-corrected chi connectivity index (χ1v) is 6.35. The SMILES string of the molecule is Cc1ccc(C)n1CCC(=O)Nc1c(F)cccc1F. The maximum atomic E-state index is 13.4. The average molecular weight is 278 g/mol. The lowest BCUT2D eigenvalue weighted by molar-refractivity contribution is -0.116. The normalized spacial score (nSPS) is 10.6. The molecule has 0 saturated carbocycles. The summed E-state index contributed by atoms with van der Waals surface area (Å²) in [6.07, 6.45) is 0.157. The van der Waals surface area contributed by atoms with E-state index in [-0.39, 0.29) is 6.42 Å². The fourth-order valence-electron chi connectivity index (χ4n) is 2.08. The van der Waals surface area contributed by atoms with Crippen LogP contribution >= 0.6 is 0 Å². The van der Waals surface area contributed by atoms with Gasteiger partial charge >= 0.3 is 0 Å². The molecule has 0 saturated heterocycles. The van der Waals surface area contributed by atoms with Gasteiger partial charge in [0.1, 0.15) is 17.3 Å². The summed E-state index contributed by atoms with van der Waals surface area (Å²) >= 11 is 0. The van der Waals surface area contributed by atoms with Gasteiger partial charge in [-0.1, -0.05) is 6.07 Å². The quantitative estimate of drug-likeness (QED) is 0.913. The number of carbonyl (C=O) groups is 1. The van der Waals surface area contributed by atoms with Crippen LogP contribution in [0.25, 0.3) is 0 Å². The topological polar surface area (TPSA) is 34.0 Å². The van der Waals surface area contributed by atoms with Crippen LogP contribution < -0.4 is 5.32 Å². The zero-order valence-corrected chi connectivity index (χ0v) is 11.4. The van der Waals surface area contributed by atoms with Crippen LogP contribution in [0.3, 0.4) is 0 Å². The van der Waals surface area contributed by atoms with Gasteiger partial charge in [0.2, 0.25) is 5.91 Å². The number of hydrogen-bond acceptors (Lipinski definition) is 1. The molecule has 0 aliphatic heterocycles. The molecule has 3 nitrogen and oxygen atoms in total. The predicted molar refractivity (Wildman–Crippen MR) is 73.5 cm³/mol. The summed E-state index contributed by atoms with van der Waals surface area (Å²) in [7, 11) is 0. The molecule has 2 aromatic rings. The minimum Gasteiger partial charge on any atom is -0.349 e. The van der Waals surface area contributed by atoms with E-state index in [0.717, 1.165) is 23.5 Å². The molecule has 0 spiro atoms. The summed E-state index contributed by atoms with van der Waals surface area (Å²) < 4.78 is 28.8. The van der Waals surface area contributed by atoms with Crippen LogP contribution in [0.5, 0.6) is 0 Å². The van der Waals surface area contributed by atoms with E-state index in [4.69, 9.17) is 0 Å². The van der Waals surface area contributed by atoms with Gasteiger partial charge in [-0.25, -0.2) is 8.78 Å². The van der Waals surface area contributed by atoms with Crippen molar-refractivity contribution in [2.24, 2.45) is 0 Å². The first-order valence-electron chi connectivity index (χ1n) is 6.35. The maximum absolute atomic E-state index is 13.4. The average Bonchev–Trinajstić information content (AvgIpc) is 2.71. The molecule has 0 radical (unpaired) electrons. The predicted octanol–water partition coefficient (Wildman–Crippen LogP) is 3.41. The van der Waals surface area contributed by atoms with Gasteiger partial charge < -0.3 is 9.88 Å². The fourth-order valence-corrected chi connectivity index (χ4v) is 2.08. The summed E-state index contributed by atoms with van der Waals surface area (Å²) in [6.45, 7) is 4.37. The van der Waals surface area contributed by atoms with Crippen molar-refractivity contribution in [1.29, 1.82) is 0 Å². The van der Waals surface area contributed by atoms with E-state index in [1.165, 1.54) is 6.07 Å². The summed E-state index contributed by atoms with van der Waals surface area (Å²) in [5.74, 6) is -1.96. The summed E-state index contributed by atoms with van der Waals surface area (Å²) in [5, 5.41) is 2.28. The number of aromatic nitrogens is 1. The molecule has 0 fully saturated rings. The van der Waals surface area contributed by atoms with Gasteiger partial charge in [-0.05, 0) is 38.1 Å². The van der Waals surface area contributed by atoms with Crippen molar-refractivity contribution in [3.05, 3.63) is 53.4 Å². The lowest BCUT2D eigenvalue weighted by Gasteiger charge is -2.10. The second-order valence-corrected chi connectivity index (χ2v) is 4.66. The summed E-state index contributed by atoms with van der Waals surface area (Å²) in [6, 6.07) is 7.40. The van der Waals surface area contributed by atoms with Gasteiger partial charge in [0.15, 0.2) is 0 Å². The van der Waals surface area contributed by atoms with Crippen molar-refractivity contribution < 1.29 is 13.6 Å². The van der Waals surface area contributed by atoms with Crippen LogP contribution in [0.4, 0.5) is 14.5 Å². The molecule has 0 unspecified atom stereocenters. The summed E-state index contributed by atoms with van der Waals surface area (Å²) in [4.78, 5) is 11.8. The molecule has 0 atom stereocenters. The van der Waals surface area contributed by atoms with Crippen LogP contribution in [0.15, 0.2) is 30.3 Å². The first-order chi connectivity index (χ1) is 9.49. The first kappa shape index (κ1) is 14.2. The van der Waals surface area contributed by atoms with Crippen molar-refractivity contribution >= 4 is 11.6 Å². The van der Waals surface area contributed by atoms with Crippen LogP contribution in [0, 0.1) is 25.5 Å². The lowest BCUT2D eigenvalue weighted by Crippen LogP contribution is -2.17. The zero-order valence-electron chi connectivity index (χ0n) is 11.4. The number of benzene rings is 1. The van der Waals surface area contributed by atoms with Crippen molar-refractivity contribution in [1.82, 2.24) is 4.57 Å². The largest absolute Gasteiger partial charge is 0.349 e. The molecule has 0 aliphatic carbocycles. The smallest absolute Gasteiger partial charge is 0.226 e. The molecule has 106 valence electrons. The standard InChI is InChI=1S/C15H16F2N2O/c1-10-6-7-11(2)19(10)9-8-14(20)18-15-12(16)4-3-5-13(15)17/h3-7H,8-9H2,1-2H3,(H,18,20). The number of halogens is 2. The number of nitrogens with zero attached hydrogens (tertiary/aromatic N) is 1. The number of para-hydroxylation sites is 1. The minimum atomic E-state index is -0.772. The van der Waals surface area contributed by atoms with Crippen molar-refractivity contribution in [3.63, 3.8) is 0 Å². The van der Waals surface area contributed by atoms with Crippen LogP contribution in [-0.2, 0) is 11.3 Å². The molecule has 1 heterocycles. The third-order valence-corrected chi connectivity index (χ3v) is 3.21. The molecular weight excluding hydrogens is 262 g/mol. The van der Waals surface area contributed by atoms with Gasteiger partial charge in [0.25, 0.3) is 0 Å². The van der Waals surface area contributed by atoms with Crippen molar-refractivity contribution in [2.75, 3.05) is 5.32 Å². The number of carbonyl (C=O) groups excluding carboxylic acids is 1. The van der Waals surface area contributed by atoms with E-state index in [0.29, 0.717) is 6.54 Å². The highest BCUT2D eigenvalue weighted by Crippen LogP contribution is 2.18. The summed E-state index contributed by atoms with van der Waals surface area (Å²) in [5.41, 5.74) is 1.71. The van der Waals surface area contributed by atoms with E-state index in [1.807, 2.05) is 30.5 Å². The zero-order chi connectivity index (χ0) is 14.7. The number of aryl methyl sites for hydroxylation is 2. The molecule has 1 N–H and O–H groups in total. The van der Waals surface area contributed by atoms with Crippen LogP contribution in [-0.4, -0.2) is 10.5 Å². The Labute approximate surface area is 116 Å². The van der Waals surface area contributed by atoms with E-state index in [2.05, 4.69) is 5.32 Å². The Kier molecular flexibility index (Phi) is 4.17. The lowest BCUT2D eigenvalue weighted by atomic mass is 10.2. The van der Waals surface area contributed by atoms with Gasteiger partial charge in [-0.15, -0.1) is 0 Å².